The molecule has 0 heterocycles. The van der Waals surface area contributed by atoms with E-state index >= 15 is 0 Å². The lowest BCUT2D eigenvalue weighted by Gasteiger charge is -2.18. The number of hydrogen-bond acceptors (Lipinski definition) is 1. The van der Waals surface area contributed by atoms with Gasteiger partial charge in [0.25, 0.3) is 0 Å². The first-order valence-corrected chi connectivity index (χ1v) is 6.29. The molecule has 1 heteroatoms. The average Bonchev–Trinajstić information content (AvgIpc) is 2.13. The Labute approximate surface area is 88.8 Å². The average molecular weight is 195 g/mol. The van der Waals surface area contributed by atoms with E-state index in [0.717, 1.165) is 0 Å². The van der Waals surface area contributed by atoms with Gasteiger partial charge >= 0.3 is 0 Å². The second-order valence-electron chi connectivity index (χ2n) is 4.48. The van der Waals surface area contributed by atoms with Crippen LogP contribution in [0.3, 0.4) is 0 Å². The summed E-state index contributed by atoms with van der Waals surface area (Å²) in [6, 6.07) is 0.355. The van der Waals surface area contributed by atoms with Crippen molar-refractivity contribution in [3.8, 4) is 0 Å². The molecule has 2 N–H and O–H groups in total. The van der Waals surface area contributed by atoms with E-state index in [4.69, 9.17) is 5.73 Å². The van der Waals surface area contributed by atoms with Crippen molar-refractivity contribution in [3.63, 3.8) is 0 Å². The molecule has 0 aromatic rings. The third-order valence-electron chi connectivity index (χ3n) is 3.17. The van der Waals surface area contributed by atoms with Crippen LogP contribution in [-0.2, 0) is 0 Å². The predicted octanol–water partition coefficient (Wildman–Crippen LogP) is 3.78. The first-order valence-electron chi connectivity index (χ1n) is 6.29. The standard InChI is InChI=1S/C13H25N/c1-2-3-11-13(14)12-9-7-5-4-6-8-10-12/h9,13H,2-8,10-11,14H2,1H3. The van der Waals surface area contributed by atoms with Gasteiger partial charge in [0, 0.05) is 6.04 Å². The Kier molecular flexibility index (Phi) is 5.93. The highest BCUT2D eigenvalue weighted by molar-refractivity contribution is 5.10. The molecule has 1 aliphatic carbocycles. The maximum Gasteiger partial charge on any atom is 0.0253 e. The van der Waals surface area contributed by atoms with Gasteiger partial charge in [-0.1, -0.05) is 44.3 Å². The van der Waals surface area contributed by atoms with Crippen LogP contribution in [0.5, 0.6) is 0 Å². The molecular formula is C13H25N. The number of unbranched alkanes of at least 4 members (excludes halogenated alkanes) is 1. The summed E-state index contributed by atoms with van der Waals surface area (Å²) in [6.07, 6.45) is 14.2. The van der Waals surface area contributed by atoms with Crippen molar-refractivity contribution >= 4 is 0 Å². The van der Waals surface area contributed by atoms with Crippen molar-refractivity contribution < 1.29 is 0 Å². The molecule has 0 amide bonds. The minimum Gasteiger partial charge on any atom is -0.324 e. The Bertz CT molecular complexity index is 172. The molecule has 0 saturated heterocycles. The molecule has 0 aromatic carbocycles. The molecule has 82 valence electrons. The number of nitrogens with two attached hydrogens (primary N) is 1. The molecule has 1 nitrogen and oxygen atoms in total. The van der Waals surface area contributed by atoms with Crippen LogP contribution in [-0.4, -0.2) is 6.04 Å². The van der Waals surface area contributed by atoms with Gasteiger partial charge in [-0.2, -0.15) is 0 Å². The van der Waals surface area contributed by atoms with E-state index in [1.165, 1.54) is 63.4 Å². The van der Waals surface area contributed by atoms with Gasteiger partial charge in [0.05, 0.1) is 0 Å². The topological polar surface area (TPSA) is 26.0 Å². The second kappa shape index (κ2) is 7.05. The van der Waals surface area contributed by atoms with Gasteiger partial charge in [-0.15, -0.1) is 0 Å². The van der Waals surface area contributed by atoms with Crippen LogP contribution >= 0.6 is 0 Å². The molecule has 0 aromatic heterocycles. The summed E-state index contributed by atoms with van der Waals surface area (Å²) < 4.78 is 0. The number of rotatable bonds is 4. The van der Waals surface area contributed by atoms with Crippen LogP contribution < -0.4 is 5.73 Å². The van der Waals surface area contributed by atoms with Gasteiger partial charge in [0.15, 0.2) is 0 Å². The van der Waals surface area contributed by atoms with E-state index in [0.29, 0.717) is 6.04 Å². The third kappa shape index (κ3) is 4.28. The van der Waals surface area contributed by atoms with Crippen LogP contribution in [0, 0.1) is 0 Å². The summed E-state index contributed by atoms with van der Waals surface area (Å²) in [4.78, 5) is 0. The molecule has 1 unspecified atom stereocenters. The van der Waals surface area contributed by atoms with E-state index in [2.05, 4.69) is 13.0 Å². The highest BCUT2D eigenvalue weighted by Gasteiger charge is 2.09. The fourth-order valence-electron chi connectivity index (χ4n) is 2.16. The Morgan fingerprint density at radius 2 is 2.07 bits per heavy atom. The van der Waals surface area contributed by atoms with Crippen molar-refractivity contribution in [3.05, 3.63) is 11.6 Å². The molecule has 0 bridgehead atoms. The summed E-state index contributed by atoms with van der Waals surface area (Å²) in [5.74, 6) is 0. The fraction of sp³-hybridized carbons (Fsp3) is 0.846. The summed E-state index contributed by atoms with van der Waals surface area (Å²) in [5, 5.41) is 0. The molecule has 0 aliphatic heterocycles. The zero-order valence-electron chi connectivity index (χ0n) is 9.60. The van der Waals surface area contributed by atoms with Gasteiger partial charge in [0.2, 0.25) is 0 Å². The zero-order chi connectivity index (χ0) is 10.2. The summed E-state index contributed by atoms with van der Waals surface area (Å²) in [7, 11) is 0. The van der Waals surface area contributed by atoms with E-state index in [9.17, 15) is 0 Å². The van der Waals surface area contributed by atoms with E-state index in [-0.39, 0.29) is 0 Å². The summed E-state index contributed by atoms with van der Waals surface area (Å²) >= 11 is 0. The monoisotopic (exact) mass is 195 g/mol. The summed E-state index contributed by atoms with van der Waals surface area (Å²) in [5.41, 5.74) is 7.73. The lowest BCUT2D eigenvalue weighted by atomic mass is 9.93. The van der Waals surface area contributed by atoms with Crippen LogP contribution in [0.1, 0.15) is 64.7 Å². The second-order valence-corrected chi connectivity index (χ2v) is 4.48. The molecule has 1 atom stereocenters. The van der Waals surface area contributed by atoms with Crippen molar-refractivity contribution in [2.75, 3.05) is 0 Å². The van der Waals surface area contributed by atoms with Gasteiger partial charge in [0.1, 0.15) is 0 Å². The Morgan fingerprint density at radius 3 is 2.86 bits per heavy atom. The van der Waals surface area contributed by atoms with Crippen LogP contribution in [0.15, 0.2) is 11.6 Å². The number of hydrogen-bond donors (Lipinski definition) is 1. The largest absolute Gasteiger partial charge is 0.324 e. The zero-order valence-corrected chi connectivity index (χ0v) is 9.60. The maximum atomic E-state index is 6.19. The maximum absolute atomic E-state index is 6.19. The molecule has 0 saturated carbocycles. The lowest BCUT2D eigenvalue weighted by molar-refractivity contribution is 0.567. The highest BCUT2D eigenvalue weighted by atomic mass is 14.6. The highest BCUT2D eigenvalue weighted by Crippen LogP contribution is 2.20. The minimum absolute atomic E-state index is 0.355. The molecule has 0 radical (unpaired) electrons. The van der Waals surface area contributed by atoms with E-state index in [1.54, 1.807) is 0 Å². The fourth-order valence-corrected chi connectivity index (χ4v) is 2.16. The number of allylic oxidation sites excluding steroid dienone is 1. The first kappa shape index (κ1) is 11.8. The van der Waals surface area contributed by atoms with Crippen molar-refractivity contribution in [2.24, 2.45) is 5.73 Å². The molecule has 1 rings (SSSR count). The van der Waals surface area contributed by atoms with Gasteiger partial charge in [-0.3, -0.25) is 0 Å². The van der Waals surface area contributed by atoms with E-state index < -0.39 is 0 Å². The van der Waals surface area contributed by atoms with E-state index in [1.807, 2.05) is 0 Å². The Hall–Kier alpha value is -0.300. The van der Waals surface area contributed by atoms with Crippen molar-refractivity contribution in [2.45, 2.75) is 70.8 Å². The van der Waals surface area contributed by atoms with Crippen molar-refractivity contribution in [1.29, 1.82) is 0 Å². The van der Waals surface area contributed by atoms with Crippen LogP contribution in [0.4, 0.5) is 0 Å². The Balaban J connectivity index is 2.37. The molecule has 1 aliphatic rings. The van der Waals surface area contributed by atoms with Crippen LogP contribution in [0.25, 0.3) is 0 Å². The molecular weight excluding hydrogens is 170 g/mol. The van der Waals surface area contributed by atoms with Gasteiger partial charge in [-0.05, 0) is 32.1 Å². The first-order chi connectivity index (χ1) is 6.84. The molecule has 0 spiro atoms. The minimum atomic E-state index is 0.355. The quantitative estimate of drug-likeness (QED) is 0.679. The smallest absolute Gasteiger partial charge is 0.0253 e. The SMILES string of the molecule is CCCCC(N)C1=CCCCCCC1. The third-order valence-corrected chi connectivity index (χ3v) is 3.17. The lowest BCUT2D eigenvalue weighted by Crippen LogP contribution is -2.23. The van der Waals surface area contributed by atoms with Crippen LogP contribution in [0.2, 0.25) is 0 Å². The molecule has 0 fully saturated rings. The molecule has 14 heavy (non-hydrogen) atoms. The Morgan fingerprint density at radius 1 is 1.29 bits per heavy atom. The van der Waals surface area contributed by atoms with Gasteiger partial charge in [-0.25, -0.2) is 0 Å². The predicted molar refractivity (Wildman–Crippen MR) is 63.3 cm³/mol. The van der Waals surface area contributed by atoms with Crippen molar-refractivity contribution in [1.82, 2.24) is 0 Å². The van der Waals surface area contributed by atoms with Gasteiger partial charge < -0.3 is 5.73 Å². The summed E-state index contributed by atoms with van der Waals surface area (Å²) in [6.45, 7) is 2.24. The normalized spacial score (nSPS) is 20.9.